The SMILES string of the molecule is CCCCc1nc(Cl)c(CN2CCC[C@H]2c2n[nH]c(C)n2)[nH]1. The van der Waals surface area contributed by atoms with Crippen molar-refractivity contribution in [3.05, 3.63) is 28.3 Å². The number of hydrogen-bond acceptors (Lipinski definition) is 4. The number of aromatic amines is 2. The van der Waals surface area contributed by atoms with Crippen LogP contribution >= 0.6 is 11.6 Å². The molecule has 0 bridgehead atoms. The van der Waals surface area contributed by atoms with Crippen molar-refractivity contribution in [2.24, 2.45) is 0 Å². The van der Waals surface area contributed by atoms with Crippen LogP contribution in [0.1, 0.15) is 61.8 Å². The number of halogens is 1. The van der Waals surface area contributed by atoms with Gasteiger partial charge in [0.1, 0.15) is 11.6 Å². The van der Waals surface area contributed by atoms with Gasteiger partial charge in [-0.05, 0) is 32.7 Å². The summed E-state index contributed by atoms with van der Waals surface area (Å²) in [5, 5.41) is 7.86. The molecule has 0 spiro atoms. The number of likely N-dealkylation sites (tertiary alicyclic amines) is 1. The third-order valence-corrected chi connectivity index (χ3v) is 4.49. The van der Waals surface area contributed by atoms with E-state index in [-0.39, 0.29) is 6.04 Å². The van der Waals surface area contributed by atoms with Crippen molar-refractivity contribution in [1.29, 1.82) is 0 Å². The molecule has 2 aromatic rings. The van der Waals surface area contributed by atoms with Crippen molar-refractivity contribution in [3.63, 3.8) is 0 Å². The molecular weight excluding hydrogens is 300 g/mol. The van der Waals surface area contributed by atoms with Gasteiger partial charge in [-0.3, -0.25) is 10.00 Å². The van der Waals surface area contributed by atoms with Crippen molar-refractivity contribution in [3.8, 4) is 0 Å². The predicted molar refractivity (Wildman–Crippen MR) is 85.7 cm³/mol. The Kier molecular flexibility index (Phi) is 4.78. The average Bonchev–Trinajstić information content (AvgIpc) is 3.19. The maximum Gasteiger partial charge on any atom is 0.167 e. The molecule has 7 heteroatoms. The fourth-order valence-electron chi connectivity index (χ4n) is 3.03. The van der Waals surface area contributed by atoms with Crippen LogP contribution in [0.25, 0.3) is 0 Å². The molecule has 3 heterocycles. The molecule has 0 unspecified atom stereocenters. The molecule has 1 saturated heterocycles. The van der Waals surface area contributed by atoms with E-state index in [1.807, 2.05) is 6.92 Å². The number of nitrogens with one attached hydrogen (secondary N) is 2. The summed E-state index contributed by atoms with van der Waals surface area (Å²) in [5.41, 5.74) is 1.01. The number of rotatable bonds is 6. The van der Waals surface area contributed by atoms with E-state index in [1.54, 1.807) is 0 Å². The minimum Gasteiger partial charge on any atom is -0.344 e. The number of aryl methyl sites for hydroxylation is 2. The highest BCUT2D eigenvalue weighted by Crippen LogP contribution is 2.32. The van der Waals surface area contributed by atoms with E-state index in [0.717, 1.165) is 68.4 Å². The number of unbranched alkanes of at least 4 members (excludes halogenated alkanes) is 1. The van der Waals surface area contributed by atoms with Gasteiger partial charge < -0.3 is 4.98 Å². The Morgan fingerprint density at radius 1 is 1.36 bits per heavy atom. The predicted octanol–water partition coefficient (Wildman–Crippen LogP) is 3.17. The zero-order valence-electron chi connectivity index (χ0n) is 13.2. The second-order valence-electron chi connectivity index (χ2n) is 5.96. The molecule has 2 aromatic heterocycles. The van der Waals surface area contributed by atoms with Gasteiger partial charge in [0.25, 0.3) is 0 Å². The molecule has 120 valence electrons. The molecule has 0 aliphatic carbocycles. The topological polar surface area (TPSA) is 73.5 Å². The minimum atomic E-state index is 0.267. The maximum absolute atomic E-state index is 6.29. The first-order valence-corrected chi connectivity index (χ1v) is 8.41. The Bertz CT molecular complexity index is 619. The van der Waals surface area contributed by atoms with Crippen molar-refractivity contribution in [1.82, 2.24) is 30.0 Å². The first-order valence-electron chi connectivity index (χ1n) is 8.03. The molecule has 0 aromatic carbocycles. The summed E-state index contributed by atoms with van der Waals surface area (Å²) in [6, 6.07) is 0.267. The summed E-state index contributed by atoms with van der Waals surface area (Å²) in [6.45, 7) is 5.93. The molecule has 1 atom stereocenters. The Labute approximate surface area is 135 Å². The normalized spacial score (nSPS) is 19.1. The van der Waals surface area contributed by atoms with Crippen molar-refractivity contribution in [2.45, 2.75) is 58.5 Å². The zero-order chi connectivity index (χ0) is 15.5. The molecule has 3 rings (SSSR count). The van der Waals surface area contributed by atoms with E-state index < -0.39 is 0 Å². The van der Waals surface area contributed by atoms with E-state index in [9.17, 15) is 0 Å². The van der Waals surface area contributed by atoms with Crippen molar-refractivity contribution < 1.29 is 0 Å². The molecule has 0 amide bonds. The summed E-state index contributed by atoms with van der Waals surface area (Å²) in [4.78, 5) is 14.7. The van der Waals surface area contributed by atoms with E-state index in [4.69, 9.17) is 11.6 Å². The summed E-state index contributed by atoms with van der Waals surface area (Å²) in [6.07, 6.45) is 5.50. The highest BCUT2D eigenvalue weighted by molar-refractivity contribution is 6.30. The van der Waals surface area contributed by atoms with Gasteiger partial charge in [0.15, 0.2) is 11.0 Å². The number of aromatic nitrogens is 5. The van der Waals surface area contributed by atoms with E-state index >= 15 is 0 Å². The lowest BCUT2D eigenvalue weighted by molar-refractivity contribution is 0.237. The summed E-state index contributed by atoms with van der Waals surface area (Å²) >= 11 is 6.29. The summed E-state index contributed by atoms with van der Waals surface area (Å²) < 4.78 is 0. The number of nitrogens with zero attached hydrogens (tertiary/aromatic N) is 4. The third-order valence-electron chi connectivity index (χ3n) is 4.18. The molecule has 1 aliphatic rings. The van der Waals surface area contributed by atoms with Gasteiger partial charge in [-0.2, -0.15) is 5.10 Å². The second-order valence-corrected chi connectivity index (χ2v) is 6.32. The van der Waals surface area contributed by atoms with E-state index in [1.165, 1.54) is 0 Å². The van der Waals surface area contributed by atoms with Crippen LogP contribution in [0.4, 0.5) is 0 Å². The first kappa shape index (κ1) is 15.5. The summed E-state index contributed by atoms with van der Waals surface area (Å²) in [5.74, 6) is 2.74. The first-order chi connectivity index (χ1) is 10.7. The standard InChI is InChI=1S/C15H23ClN6/c1-3-4-7-13-18-11(14(16)19-13)9-22-8-5-6-12(22)15-17-10(2)20-21-15/h12H,3-9H2,1-2H3,(H,18,19)(H,17,20,21)/t12-/m0/s1. The van der Waals surface area contributed by atoms with Crippen LogP contribution in [0.2, 0.25) is 5.15 Å². The average molecular weight is 323 g/mol. The Morgan fingerprint density at radius 3 is 2.95 bits per heavy atom. The van der Waals surface area contributed by atoms with Gasteiger partial charge in [0.2, 0.25) is 0 Å². The van der Waals surface area contributed by atoms with Crippen LogP contribution in [-0.4, -0.2) is 36.6 Å². The molecule has 0 radical (unpaired) electrons. The number of imidazole rings is 1. The fraction of sp³-hybridized carbons (Fsp3) is 0.667. The van der Waals surface area contributed by atoms with Crippen molar-refractivity contribution in [2.75, 3.05) is 6.54 Å². The number of H-pyrrole nitrogens is 2. The largest absolute Gasteiger partial charge is 0.344 e. The van der Waals surface area contributed by atoms with Gasteiger partial charge in [-0.1, -0.05) is 24.9 Å². The Hall–Kier alpha value is -1.40. The van der Waals surface area contributed by atoms with Crippen LogP contribution in [0.5, 0.6) is 0 Å². The zero-order valence-corrected chi connectivity index (χ0v) is 13.9. The molecule has 22 heavy (non-hydrogen) atoms. The Balaban J connectivity index is 1.70. The molecule has 0 saturated carbocycles. The van der Waals surface area contributed by atoms with Crippen LogP contribution in [-0.2, 0) is 13.0 Å². The van der Waals surface area contributed by atoms with Crippen LogP contribution in [0.15, 0.2) is 0 Å². The smallest absolute Gasteiger partial charge is 0.167 e. The molecule has 6 nitrogen and oxygen atoms in total. The molecular formula is C15H23ClN6. The quantitative estimate of drug-likeness (QED) is 0.856. The fourth-order valence-corrected chi connectivity index (χ4v) is 3.24. The van der Waals surface area contributed by atoms with Crippen LogP contribution in [0, 0.1) is 6.92 Å². The van der Waals surface area contributed by atoms with Gasteiger partial charge in [-0.15, -0.1) is 0 Å². The number of hydrogen-bond donors (Lipinski definition) is 2. The highest BCUT2D eigenvalue weighted by atomic mass is 35.5. The summed E-state index contributed by atoms with van der Waals surface area (Å²) in [7, 11) is 0. The lowest BCUT2D eigenvalue weighted by Crippen LogP contribution is -2.24. The molecule has 1 aliphatic heterocycles. The third kappa shape index (κ3) is 3.33. The van der Waals surface area contributed by atoms with E-state index in [2.05, 4.69) is 37.0 Å². The van der Waals surface area contributed by atoms with Gasteiger partial charge in [0.05, 0.1) is 11.7 Å². The molecule has 2 N–H and O–H groups in total. The van der Waals surface area contributed by atoms with E-state index in [0.29, 0.717) is 5.15 Å². The maximum atomic E-state index is 6.29. The minimum absolute atomic E-state index is 0.267. The highest BCUT2D eigenvalue weighted by Gasteiger charge is 2.30. The van der Waals surface area contributed by atoms with Gasteiger partial charge in [-0.25, -0.2) is 9.97 Å². The monoisotopic (exact) mass is 322 g/mol. The molecule has 1 fully saturated rings. The lowest BCUT2D eigenvalue weighted by Gasteiger charge is -2.21. The van der Waals surface area contributed by atoms with Gasteiger partial charge >= 0.3 is 0 Å². The second kappa shape index (κ2) is 6.79. The van der Waals surface area contributed by atoms with Crippen LogP contribution in [0.3, 0.4) is 0 Å². The van der Waals surface area contributed by atoms with Crippen LogP contribution < -0.4 is 0 Å². The lowest BCUT2D eigenvalue weighted by atomic mass is 10.2. The van der Waals surface area contributed by atoms with Crippen molar-refractivity contribution >= 4 is 11.6 Å². The Morgan fingerprint density at radius 2 is 2.23 bits per heavy atom. The van der Waals surface area contributed by atoms with Gasteiger partial charge in [0, 0.05) is 13.0 Å².